The monoisotopic (exact) mass is 497 g/mol. The third kappa shape index (κ3) is 4.61. The molecule has 3 N–H and O–H groups in total. The molecule has 0 saturated carbocycles. The van der Waals surface area contributed by atoms with Crippen LogP contribution in [0.1, 0.15) is 23.1 Å². The molecule has 36 heavy (non-hydrogen) atoms. The van der Waals surface area contributed by atoms with E-state index in [1.54, 1.807) is 65.6 Å². The molecule has 9 heteroatoms. The summed E-state index contributed by atoms with van der Waals surface area (Å²) in [7, 11) is -3.88. The molecule has 2 aromatic heterocycles. The average molecular weight is 498 g/mol. The number of benzene rings is 3. The van der Waals surface area contributed by atoms with Crippen LogP contribution in [-0.4, -0.2) is 29.1 Å². The lowest BCUT2D eigenvalue weighted by atomic mass is 10.1. The van der Waals surface area contributed by atoms with Crippen LogP contribution in [0.2, 0.25) is 0 Å². The van der Waals surface area contributed by atoms with Crippen LogP contribution >= 0.6 is 0 Å². The molecule has 0 aliphatic heterocycles. The van der Waals surface area contributed by atoms with Crippen molar-refractivity contribution in [3.8, 4) is 16.8 Å². The second-order valence-electron chi connectivity index (χ2n) is 8.27. The lowest BCUT2D eigenvalue weighted by Gasteiger charge is -2.11. The van der Waals surface area contributed by atoms with Gasteiger partial charge in [0.15, 0.2) is 0 Å². The minimum absolute atomic E-state index is 0.0448. The first-order chi connectivity index (χ1) is 17.3. The molecule has 3 aromatic carbocycles. The van der Waals surface area contributed by atoms with E-state index in [1.807, 2.05) is 31.2 Å². The highest BCUT2D eigenvalue weighted by molar-refractivity contribution is 7.89. The van der Waals surface area contributed by atoms with Gasteiger partial charge >= 0.3 is 0 Å². The molecule has 0 spiro atoms. The SMILES string of the molecule is CCc1cc(C(=O)Nc2ccc(-c3ccccc3S(N)(=O)=O)cc2)n(-c2ccc3ccncc3c2)n1. The van der Waals surface area contributed by atoms with Crippen LogP contribution in [0.3, 0.4) is 0 Å². The van der Waals surface area contributed by atoms with Gasteiger partial charge in [-0.1, -0.05) is 43.3 Å². The van der Waals surface area contributed by atoms with Crippen LogP contribution in [-0.2, 0) is 16.4 Å². The number of rotatable bonds is 6. The first-order valence-corrected chi connectivity index (χ1v) is 12.8. The average Bonchev–Trinajstić information content (AvgIpc) is 3.33. The molecule has 0 atom stereocenters. The normalized spacial score (nSPS) is 11.5. The molecular formula is C27H23N5O3S. The summed E-state index contributed by atoms with van der Waals surface area (Å²) >= 11 is 0. The summed E-state index contributed by atoms with van der Waals surface area (Å²) in [6.45, 7) is 1.98. The molecule has 0 aliphatic rings. The van der Waals surface area contributed by atoms with E-state index in [0.29, 0.717) is 28.9 Å². The lowest BCUT2D eigenvalue weighted by Crippen LogP contribution is -2.17. The third-order valence-electron chi connectivity index (χ3n) is 5.87. The molecule has 5 aromatic rings. The molecule has 0 saturated heterocycles. The first-order valence-electron chi connectivity index (χ1n) is 11.3. The summed E-state index contributed by atoms with van der Waals surface area (Å²) in [5.41, 5.74) is 3.68. The zero-order chi connectivity index (χ0) is 25.3. The Hall–Kier alpha value is -4.34. The number of aromatic nitrogens is 3. The number of nitrogens with one attached hydrogen (secondary N) is 1. The number of pyridine rings is 1. The van der Waals surface area contributed by atoms with Crippen LogP contribution in [0.4, 0.5) is 5.69 Å². The van der Waals surface area contributed by atoms with Crippen LogP contribution < -0.4 is 10.5 Å². The van der Waals surface area contributed by atoms with E-state index < -0.39 is 10.0 Å². The van der Waals surface area contributed by atoms with Crippen molar-refractivity contribution in [1.82, 2.24) is 14.8 Å². The van der Waals surface area contributed by atoms with Gasteiger partial charge in [0.1, 0.15) is 5.69 Å². The molecule has 0 unspecified atom stereocenters. The minimum Gasteiger partial charge on any atom is -0.321 e. The van der Waals surface area contributed by atoms with Gasteiger partial charge < -0.3 is 5.32 Å². The predicted molar refractivity (Wildman–Crippen MR) is 139 cm³/mol. The smallest absolute Gasteiger partial charge is 0.274 e. The van der Waals surface area contributed by atoms with Crippen molar-refractivity contribution in [2.75, 3.05) is 5.32 Å². The number of carbonyl (C=O) groups is 1. The molecule has 8 nitrogen and oxygen atoms in total. The summed E-state index contributed by atoms with van der Waals surface area (Å²) in [6, 6.07) is 23.0. The number of hydrogen-bond acceptors (Lipinski definition) is 5. The van der Waals surface area contributed by atoms with E-state index in [0.717, 1.165) is 22.2 Å². The van der Waals surface area contributed by atoms with E-state index in [4.69, 9.17) is 5.14 Å². The molecule has 1 amide bonds. The Morgan fingerprint density at radius 1 is 0.972 bits per heavy atom. The maximum Gasteiger partial charge on any atom is 0.274 e. The van der Waals surface area contributed by atoms with Crippen molar-refractivity contribution in [2.45, 2.75) is 18.2 Å². The largest absolute Gasteiger partial charge is 0.321 e. The van der Waals surface area contributed by atoms with Gasteiger partial charge in [-0.2, -0.15) is 5.10 Å². The third-order valence-corrected chi connectivity index (χ3v) is 6.84. The van der Waals surface area contributed by atoms with Gasteiger partial charge in [0, 0.05) is 29.0 Å². The Balaban J connectivity index is 1.44. The second-order valence-corrected chi connectivity index (χ2v) is 9.80. The molecular weight excluding hydrogens is 474 g/mol. The highest BCUT2D eigenvalue weighted by atomic mass is 32.2. The molecule has 5 rings (SSSR count). The summed E-state index contributed by atoms with van der Waals surface area (Å²) < 4.78 is 25.5. The highest BCUT2D eigenvalue weighted by Crippen LogP contribution is 2.28. The van der Waals surface area contributed by atoms with E-state index in [2.05, 4.69) is 15.4 Å². The number of sulfonamides is 1. The number of nitrogens with zero attached hydrogens (tertiary/aromatic N) is 3. The van der Waals surface area contributed by atoms with Gasteiger partial charge in [0.05, 0.1) is 16.3 Å². The Kier molecular flexibility index (Phi) is 6.09. The molecule has 0 bridgehead atoms. The summed E-state index contributed by atoms with van der Waals surface area (Å²) in [5, 5.41) is 14.9. The van der Waals surface area contributed by atoms with Crippen molar-refractivity contribution in [3.63, 3.8) is 0 Å². The molecule has 0 radical (unpaired) electrons. The number of fused-ring (bicyclic) bond motifs is 1. The van der Waals surface area contributed by atoms with Gasteiger partial charge in [0.25, 0.3) is 5.91 Å². The topological polar surface area (TPSA) is 120 Å². The Labute approximate surface area is 208 Å². The number of nitrogens with two attached hydrogens (primary N) is 1. The fourth-order valence-corrected chi connectivity index (χ4v) is 4.81. The quantitative estimate of drug-likeness (QED) is 0.357. The number of hydrogen-bond donors (Lipinski definition) is 2. The molecule has 180 valence electrons. The first kappa shape index (κ1) is 23.4. The van der Waals surface area contributed by atoms with E-state index in [1.165, 1.54) is 6.07 Å². The van der Waals surface area contributed by atoms with Crippen molar-refractivity contribution in [1.29, 1.82) is 0 Å². The zero-order valence-electron chi connectivity index (χ0n) is 19.4. The van der Waals surface area contributed by atoms with Gasteiger partial charge in [-0.15, -0.1) is 0 Å². The molecule has 2 heterocycles. The highest BCUT2D eigenvalue weighted by Gasteiger charge is 2.18. The van der Waals surface area contributed by atoms with E-state index >= 15 is 0 Å². The fraction of sp³-hybridized carbons (Fsp3) is 0.0741. The minimum atomic E-state index is -3.88. The van der Waals surface area contributed by atoms with Gasteiger partial charge in [0.2, 0.25) is 10.0 Å². The maximum atomic E-state index is 13.3. The number of primary sulfonamides is 1. The predicted octanol–water partition coefficient (Wildman–Crippen LogP) is 4.55. The van der Waals surface area contributed by atoms with Gasteiger partial charge in [-0.05, 0) is 59.8 Å². The zero-order valence-corrected chi connectivity index (χ0v) is 20.2. The lowest BCUT2D eigenvalue weighted by molar-refractivity contribution is 0.101. The van der Waals surface area contributed by atoms with Crippen molar-refractivity contribution in [2.24, 2.45) is 5.14 Å². The van der Waals surface area contributed by atoms with Crippen LogP contribution in [0.15, 0.2) is 96.2 Å². The van der Waals surface area contributed by atoms with E-state index in [9.17, 15) is 13.2 Å². The molecule has 0 aliphatic carbocycles. The fourth-order valence-electron chi connectivity index (χ4n) is 4.05. The van der Waals surface area contributed by atoms with Crippen molar-refractivity contribution in [3.05, 3.63) is 103 Å². The standard InChI is InChI=1S/C27H23N5O3S/c1-2-21-16-25(32(31-21)23-12-9-18-13-14-29-17-20(18)15-23)27(33)30-22-10-7-19(8-11-22)24-5-3-4-6-26(24)36(28,34)35/h3-17H,2H2,1H3,(H,30,33)(H2,28,34,35). The summed E-state index contributed by atoms with van der Waals surface area (Å²) in [5.74, 6) is -0.314. The van der Waals surface area contributed by atoms with Crippen LogP contribution in [0.25, 0.3) is 27.6 Å². The number of anilines is 1. The van der Waals surface area contributed by atoms with Gasteiger partial charge in [-0.3, -0.25) is 9.78 Å². The van der Waals surface area contributed by atoms with Gasteiger partial charge in [-0.25, -0.2) is 18.2 Å². The van der Waals surface area contributed by atoms with Crippen LogP contribution in [0, 0.1) is 0 Å². The van der Waals surface area contributed by atoms with Crippen molar-refractivity contribution >= 4 is 32.4 Å². The van der Waals surface area contributed by atoms with E-state index in [-0.39, 0.29) is 10.8 Å². The summed E-state index contributed by atoms with van der Waals surface area (Å²) in [4.78, 5) is 17.5. The Morgan fingerprint density at radius 3 is 2.50 bits per heavy atom. The Morgan fingerprint density at radius 2 is 1.75 bits per heavy atom. The van der Waals surface area contributed by atoms with Crippen LogP contribution in [0.5, 0.6) is 0 Å². The Bertz CT molecular complexity index is 1690. The number of aryl methyl sites for hydroxylation is 1. The maximum absolute atomic E-state index is 13.3. The summed E-state index contributed by atoms with van der Waals surface area (Å²) in [6.07, 6.45) is 4.20. The number of amides is 1. The van der Waals surface area contributed by atoms with Crippen molar-refractivity contribution < 1.29 is 13.2 Å². The number of carbonyl (C=O) groups excluding carboxylic acids is 1. The molecule has 0 fully saturated rings. The second kappa shape index (κ2) is 9.37.